The Kier molecular flexibility index (Phi) is 4.57. The van der Waals surface area contributed by atoms with Gasteiger partial charge in [-0.25, -0.2) is 0 Å². The highest BCUT2D eigenvalue weighted by molar-refractivity contribution is 6.24. The van der Waals surface area contributed by atoms with E-state index < -0.39 is 0 Å². The zero-order valence-electron chi connectivity index (χ0n) is 22.6. The largest absolute Gasteiger partial charge is 0.354 e. The van der Waals surface area contributed by atoms with Gasteiger partial charge < -0.3 is 9.97 Å². The average Bonchev–Trinajstić information content (AvgIpc) is 3.59. The van der Waals surface area contributed by atoms with Crippen LogP contribution in [0, 0.1) is 6.92 Å². The van der Waals surface area contributed by atoms with Crippen LogP contribution in [0.5, 0.6) is 0 Å². The number of aryl methyl sites for hydroxylation is 1. The van der Waals surface area contributed by atoms with Crippen LogP contribution in [0.15, 0.2) is 127 Å². The fourth-order valence-corrected chi connectivity index (χ4v) is 7.05. The van der Waals surface area contributed by atoms with Crippen molar-refractivity contribution in [3.63, 3.8) is 0 Å². The van der Waals surface area contributed by atoms with Crippen LogP contribution in [-0.4, -0.2) is 9.97 Å². The van der Waals surface area contributed by atoms with E-state index in [2.05, 4.69) is 144 Å². The Morgan fingerprint density at radius 2 is 0.829 bits per heavy atom. The Balaban J connectivity index is 1.44. The number of fused-ring (bicyclic) bond motifs is 10. The first-order chi connectivity index (χ1) is 20.3. The number of aromatic nitrogens is 2. The predicted molar refractivity (Wildman–Crippen MR) is 176 cm³/mol. The van der Waals surface area contributed by atoms with Crippen LogP contribution in [0.2, 0.25) is 0 Å². The molecule has 2 nitrogen and oxygen atoms in total. The molecule has 0 aliphatic heterocycles. The van der Waals surface area contributed by atoms with Gasteiger partial charge in [0.2, 0.25) is 0 Å². The molecule has 0 bridgehead atoms. The average molecular weight is 523 g/mol. The summed E-state index contributed by atoms with van der Waals surface area (Å²) in [5.41, 5.74) is 11.1. The van der Waals surface area contributed by atoms with Crippen LogP contribution in [-0.2, 0) is 0 Å². The standard InChI is InChI=1S/C39H26N2/c1-23-11-10-18-28(31-21-33-26-14-6-8-19-35(26)40-38(33)29-16-4-2-12-24(29)31)37(23)32-22-34-27-15-7-9-20-36(27)41-39(34)30-17-5-3-13-25(30)32/h2-22,40-41H,1H3. The molecule has 2 heteroatoms. The van der Waals surface area contributed by atoms with E-state index in [-0.39, 0.29) is 0 Å². The monoisotopic (exact) mass is 522 g/mol. The summed E-state index contributed by atoms with van der Waals surface area (Å²) >= 11 is 0. The summed E-state index contributed by atoms with van der Waals surface area (Å²) in [6, 6.07) is 46.5. The van der Waals surface area contributed by atoms with Gasteiger partial charge >= 0.3 is 0 Å². The fraction of sp³-hybridized carbons (Fsp3) is 0.0256. The van der Waals surface area contributed by atoms with E-state index in [9.17, 15) is 0 Å². The lowest BCUT2D eigenvalue weighted by Gasteiger charge is -2.18. The quantitative estimate of drug-likeness (QED) is 0.226. The molecule has 0 amide bonds. The zero-order valence-corrected chi connectivity index (χ0v) is 22.6. The Morgan fingerprint density at radius 1 is 0.366 bits per heavy atom. The molecular formula is C39H26N2. The molecule has 0 radical (unpaired) electrons. The van der Waals surface area contributed by atoms with Gasteiger partial charge in [-0.1, -0.05) is 103 Å². The Labute approximate surface area is 236 Å². The first kappa shape index (κ1) is 22.5. The number of benzene rings is 7. The van der Waals surface area contributed by atoms with Crippen molar-refractivity contribution in [1.29, 1.82) is 0 Å². The molecule has 0 saturated carbocycles. The third-order valence-corrected chi connectivity index (χ3v) is 8.88. The van der Waals surface area contributed by atoms with Crippen LogP contribution in [0.4, 0.5) is 0 Å². The minimum Gasteiger partial charge on any atom is -0.354 e. The third-order valence-electron chi connectivity index (χ3n) is 8.88. The molecule has 0 spiro atoms. The number of aromatic amines is 2. The van der Waals surface area contributed by atoms with Crippen LogP contribution in [0.3, 0.4) is 0 Å². The molecule has 0 atom stereocenters. The molecule has 41 heavy (non-hydrogen) atoms. The molecule has 2 aromatic heterocycles. The summed E-state index contributed by atoms with van der Waals surface area (Å²) in [5, 5.41) is 10.1. The zero-order chi connectivity index (χ0) is 27.1. The first-order valence-corrected chi connectivity index (χ1v) is 14.2. The number of nitrogens with one attached hydrogen (secondary N) is 2. The summed E-state index contributed by atoms with van der Waals surface area (Å²) in [6.45, 7) is 2.25. The van der Waals surface area contributed by atoms with Crippen LogP contribution in [0.25, 0.3) is 87.4 Å². The summed E-state index contributed by atoms with van der Waals surface area (Å²) in [6.07, 6.45) is 0. The van der Waals surface area contributed by atoms with E-state index in [4.69, 9.17) is 0 Å². The normalized spacial score (nSPS) is 12.0. The van der Waals surface area contributed by atoms with E-state index in [1.165, 1.54) is 93.0 Å². The SMILES string of the molecule is Cc1cccc(-c2cc3c4ccccc4[nH]c3c3ccccc23)c1-c1cc2c3ccccc3[nH]c2c2ccccc12. The maximum Gasteiger partial charge on any atom is 0.0544 e. The van der Waals surface area contributed by atoms with E-state index in [1.807, 2.05) is 0 Å². The highest BCUT2D eigenvalue weighted by Crippen LogP contribution is 2.45. The van der Waals surface area contributed by atoms with Gasteiger partial charge in [-0.15, -0.1) is 0 Å². The lowest BCUT2D eigenvalue weighted by Crippen LogP contribution is -1.92. The van der Waals surface area contributed by atoms with Gasteiger partial charge in [0.05, 0.1) is 11.0 Å². The maximum atomic E-state index is 3.72. The van der Waals surface area contributed by atoms with Crippen molar-refractivity contribution in [1.82, 2.24) is 9.97 Å². The minimum atomic E-state index is 1.17. The van der Waals surface area contributed by atoms with Crippen molar-refractivity contribution in [3.8, 4) is 22.3 Å². The number of hydrogen-bond acceptors (Lipinski definition) is 0. The van der Waals surface area contributed by atoms with Gasteiger partial charge in [0.1, 0.15) is 0 Å². The van der Waals surface area contributed by atoms with Gasteiger partial charge in [0.15, 0.2) is 0 Å². The maximum absolute atomic E-state index is 3.72. The van der Waals surface area contributed by atoms with Crippen molar-refractivity contribution < 1.29 is 0 Å². The van der Waals surface area contributed by atoms with Gasteiger partial charge in [0, 0.05) is 43.4 Å². The van der Waals surface area contributed by atoms with Gasteiger partial charge in [-0.2, -0.15) is 0 Å². The summed E-state index contributed by atoms with van der Waals surface area (Å²) in [4.78, 5) is 7.43. The summed E-state index contributed by atoms with van der Waals surface area (Å²) in [5.74, 6) is 0. The molecule has 0 saturated heterocycles. The highest BCUT2D eigenvalue weighted by atomic mass is 14.7. The lowest BCUT2D eigenvalue weighted by molar-refractivity contribution is 1.47. The Bertz CT molecular complexity index is 2490. The fourth-order valence-electron chi connectivity index (χ4n) is 7.05. The molecular weight excluding hydrogens is 496 g/mol. The predicted octanol–water partition coefficient (Wildman–Crippen LogP) is 10.9. The lowest BCUT2D eigenvalue weighted by atomic mass is 9.85. The smallest absolute Gasteiger partial charge is 0.0544 e. The second kappa shape index (κ2) is 8.33. The minimum absolute atomic E-state index is 1.17. The van der Waals surface area contributed by atoms with Crippen LogP contribution < -0.4 is 0 Å². The van der Waals surface area contributed by atoms with E-state index >= 15 is 0 Å². The van der Waals surface area contributed by atoms with E-state index in [0.29, 0.717) is 0 Å². The van der Waals surface area contributed by atoms with Crippen molar-refractivity contribution in [2.45, 2.75) is 6.92 Å². The van der Waals surface area contributed by atoms with Crippen molar-refractivity contribution >= 4 is 65.2 Å². The highest BCUT2D eigenvalue weighted by Gasteiger charge is 2.20. The molecule has 2 N–H and O–H groups in total. The van der Waals surface area contributed by atoms with Crippen molar-refractivity contribution in [3.05, 3.63) is 133 Å². The second-order valence-corrected chi connectivity index (χ2v) is 11.1. The Hall–Kier alpha value is -5.34. The van der Waals surface area contributed by atoms with Crippen LogP contribution >= 0.6 is 0 Å². The molecule has 2 heterocycles. The number of hydrogen-bond donors (Lipinski definition) is 2. The van der Waals surface area contributed by atoms with E-state index in [1.54, 1.807) is 0 Å². The molecule has 9 rings (SSSR count). The number of H-pyrrole nitrogens is 2. The molecule has 7 aromatic carbocycles. The summed E-state index contributed by atoms with van der Waals surface area (Å²) in [7, 11) is 0. The molecule has 0 aliphatic rings. The first-order valence-electron chi connectivity index (χ1n) is 14.2. The molecule has 0 aliphatic carbocycles. The molecule has 9 aromatic rings. The van der Waals surface area contributed by atoms with Gasteiger partial charge in [-0.05, 0) is 69.8 Å². The van der Waals surface area contributed by atoms with E-state index in [0.717, 1.165) is 0 Å². The van der Waals surface area contributed by atoms with Crippen molar-refractivity contribution in [2.75, 3.05) is 0 Å². The van der Waals surface area contributed by atoms with Crippen LogP contribution in [0.1, 0.15) is 5.56 Å². The van der Waals surface area contributed by atoms with Gasteiger partial charge in [0.25, 0.3) is 0 Å². The molecule has 192 valence electrons. The Morgan fingerprint density at radius 3 is 1.41 bits per heavy atom. The molecule has 0 unspecified atom stereocenters. The number of rotatable bonds is 2. The van der Waals surface area contributed by atoms with Crippen molar-refractivity contribution in [2.24, 2.45) is 0 Å². The number of para-hydroxylation sites is 2. The topological polar surface area (TPSA) is 31.6 Å². The third kappa shape index (κ3) is 3.13. The summed E-state index contributed by atoms with van der Waals surface area (Å²) < 4.78 is 0. The van der Waals surface area contributed by atoms with Gasteiger partial charge in [-0.3, -0.25) is 0 Å². The second-order valence-electron chi connectivity index (χ2n) is 11.1. The molecule has 0 fully saturated rings.